The molecule has 0 radical (unpaired) electrons. The van der Waals surface area contributed by atoms with Crippen LogP contribution in [0.2, 0.25) is 0 Å². The Morgan fingerprint density at radius 1 is 1.22 bits per heavy atom. The molecule has 1 amide bonds. The number of hydrogen-bond acceptors (Lipinski definition) is 2. The minimum atomic E-state index is -0.218. The Kier molecular flexibility index (Phi) is 4.60. The van der Waals surface area contributed by atoms with Crippen LogP contribution in [0.4, 0.5) is 10.1 Å². The van der Waals surface area contributed by atoms with Crippen LogP contribution in [-0.4, -0.2) is 19.1 Å². The molecule has 1 aliphatic rings. The Morgan fingerprint density at radius 2 is 2.00 bits per heavy atom. The first kappa shape index (κ1) is 15.5. The maximum atomic E-state index is 13.7. The third-order valence-corrected chi connectivity index (χ3v) is 4.13. The lowest BCUT2D eigenvalue weighted by Gasteiger charge is -2.17. The summed E-state index contributed by atoms with van der Waals surface area (Å²) in [6.07, 6.45) is 1.69. The molecule has 4 heteroatoms. The third kappa shape index (κ3) is 3.36. The second-order valence-corrected chi connectivity index (χ2v) is 5.61. The average Bonchev–Trinajstić information content (AvgIpc) is 3.00. The summed E-state index contributed by atoms with van der Waals surface area (Å²) in [6.45, 7) is 3.16. The summed E-state index contributed by atoms with van der Waals surface area (Å²) in [4.78, 5) is 14.1. The summed E-state index contributed by atoms with van der Waals surface area (Å²) in [5.74, 6) is 0.666. The lowest BCUT2D eigenvalue weighted by atomic mass is 10.1. The summed E-state index contributed by atoms with van der Waals surface area (Å²) in [5, 5.41) is 0. The second-order valence-electron chi connectivity index (χ2n) is 5.61. The number of anilines is 1. The van der Waals surface area contributed by atoms with E-state index in [9.17, 15) is 9.18 Å². The summed E-state index contributed by atoms with van der Waals surface area (Å²) < 4.78 is 19.1. The van der Waals surface area contributed by atoms with E-state index in [1.165, 1.54) is 6.07 Å². The summed E-state index contributed by atoms with van der Waals surface area (Å²) in [6, 6.07) is 12.7. The molecule has 3 nitrogen and oxygen atoms in total. The fourth-order valence-electron chi connectivity index (χ4n) is 2.96. The largest absolute Gasteiger partial charge is 0.494 e. The van der Waals surface area contributed by atoms with Crippen LogP contribution in [-0.2, 0) is 17.6 Å². The van der Waals surface area contributed by atoms with Crippen molar-refractivity contribution in [2.45, 2.75) is 26.2 Å². The van der Waals surface area contributed by atoms with E-state index in [1.807, 2.05) is 37.3 Å². The number of carbonyl (C=O) groups is 1. The number of halogens is 1. The molecule has 0 bridgehead atoms. The summed E-state index contributed by atoms with van der Waals surface area (Å²) >= 11 is 0. The highest BCUT2D eigenvalue weighted by molar-refractivity contribution is 5.95. The Morgan fingerprint density at radius 3 is 2.74 bits per heavy atom. The van der Waals surface area contributed by atoms with Gasteiger partial charge in [0.2, 0.25) is 5.91 Å². The number of amides is 1. The van der Waals surface area contributed by atoms with Crippen LogP contribution >= 0.6 is 0 Å². The number of hydrogen-bond donors (Lipinski definition) is 0. The summed E-state index contributed by atoms with van der Waals surface area (Å²) in [7, 11) is 0. The normalized spacial score (nSPS) is 13.0. The Labute approximate surface area is 135 Å². The van der Waals surface area contributed by atoms with Gasteiger partial charge in [-0.1, -0.05) is 18.2 Å². The van der Waals surface area contributed by atoms with Crippen molar-refractivity contribution in [3.63, 3.8) is 0 Å². The van der Waals surface area contributed by atoms with E-state index >= 15 is 0 Å². The molecule has 3 rings (SSSR count). The fourth-order valence-corrected chi connectivity index (χ4v) is 2.96. The van der Waals surface area contributed by atoms with Gasteiger partial charge in [-0.05, 0) is 49.6 Å². The Hall–Kier alpha value is -2.36. The highest BCUT2D eigenvalue weighted by Gasteiger charge is 2.26. The predicted molar refractivity (Wildman–Crippen MR) is 88.4 cm³/mol. The van der Waals surface area contributed by atoms with Crippen molar-refractivity contribution in [2.24, 2.45) is 0 Å². The van der Waals surface area contributed by atoms with Gasteiger partial charge in [-0.3, -0.25) is 4.79 Å². The first-order chi connectivity index (χ1) is 11.2. The molecular formula is C19H20FNO2. The van der Waals surface area contributed by atoms with Crippen molar-refractivity contribution in [1.82, 2.24) is 0 Å². The zero-order valence-electron chi connectivity index (χ0n) is 13.2. The van der Waals surface area contributed by atoms with Gasteiger partial charge < -0.3 is 9.64 Å². The van der Waals surface area contributed by atoms with Crippen LogP contribution in [0.1, 0.15) is 24.5 Å². The number of rotatable bonds is 5. The monoisotopic (exact) mass is 313 g/mol. The van der Waals surface area contributed by atoms with Crippen LogP contribution < -0.4 is 9.64 Å². The predicted octanol–water partition coefficient (Wildman–Crippen LogP) is 3.75. The van der Waals surface area contributed by atoms with Crippen molar-refractivity contribution < 1.29 is 13.9 Å². The average molecular weight is 313 g/mol. The standard InChI is InChI=1S/C19H20FNO2/c1-2-23-15-9-6-14(7-10-15)8-11-19(22)21-13-12-16-17(20)4-3-5-18(16)21/h3-7,9-10H,2,8,11-13H2,1H3. The SMILES string of the molecule is CCOc1ccc(CCC(=O)N2CCc3c(F)cccc32)cc1. The first-order valence-corrected chi connectivity index (χ1v) is 7.98. The second kappa shape index (κ2) is 6.82. The van der Waals surface area contributed by atoms with Gasteiger partial charge in [0, 0.05) is 24.2 Å². The highest BCUT2D eigenvalue weighted by atomic mass is 19.1. The number of ether oxygens (including phenoxy) is 1. The number of benzene rings is 2. The zero-order chi connectivity index (χ0) is 16.2. The lowest BCUT2D eigenvalue weighted by Crippen LogP contribution is -2.29. The molecule has 0 N–H and O–H groups in total. The third-order valence-electron chi connectivity index (χ3n) is 4.13. The van der Waals surface area contributed by atoms with Crippen LogP contribution in [0, 0.1) is 5.82 Å². The molecule has 23 heavy (non-hydrogen) atoms. The van der Waals surface area contributed by atoms with E-state index in [2.05, 4.69) is 0 Å². The molecule has 1 heterocycles. The number of nitrogens with zero attached hydrogens (tertiary/aromatic N) is 1. The molecule has 0 atom stereocenters. The first-order valence-electron chi connectivity index (χ1n) is 7.98. The lowest BCUT2D eigenvalue weighted by molar-refractivity contribution is -0.118. The maximum Gasteiger partial charge on any atom is 0.227 e. The molecule has 2 aromatic carbocycles. The van der Waals surface area contributed by atoms with Gasteiger partial charge >= 0.3 is 0 Å². The molecule has 1 aliphatic heterocycles. The molecule has 0 saturated carbocycles. The maximum absolute atomic E-state index is 13.7. The van der Waals surface area contributed by atoms with Gasteiger partial charge in [0.05, 0.1) is 6.61 Å². The minimum Gasteiger partial charge on any atom is -0.494 e. The van der Waals surface area contributed by atoms with Gasteiger partial charge in [0.1, 0.15) is 11.6 Å². The Balaban J connectivity index is 1.62. The van der Waals surface area contributed by atoms with E-state index in [-0.39, 0.29) is 11.7 Å². The number of fused-ring (bicyclic) bond motifs is 1. The van der Waals surface area contributed by atoms with E-state index in [0.29, 0.717) is 38.0 Å². The van der Waals surface area contributed by atoms with Gasteiger partial charge in [-0.2, -0.15) is 0 Å². The van der Waals surface area contributed by atoms with E-state index in [0.717, 1.165) is 17.0 Å². The minimum absolute atomic E-state index is 0.0447. The van der Waals surface area contributed by atoms with Crippen molar-refractivity contribution in [1.29, 1.82) is 0 Å². The molecule has 0 saturated heterocycles. The van der Waals surface area contributed by atoms with Crippen molar-refractivity contribution in [3.8, 4) is 5.75 Å². The number of carbonyl (C=O) groups excluding carboxylic acids is 1. The van der Waals surface area contributed by atoms with E-state index in [1.54, 1.807) is 11.0 Å². The van der Waals surface area contributed by atoms with Crippen LogP contribution in [0.5, 0.6) is 5.75 Å². The van der Waals surface area contributed by atoms with Crippen LogP contribution in [0.25, 0.3) is 0 Å². The van der Waals surface area contributed by atoms with Crippen molar-refractivity contribution >= 4 is 11.6 Å². The van der Waals surface area contributed by atoms with Crippen molar-refractivity contribution in [3.05, 3.63) is 59.4 Å². The molecule has 0 aliphatic carbocycles. The fraction of sp³-hybridized carbons (Fsp3) is 0.316. The molecule has 2 aromatic rings. The van der Waals surface area contributed by atoms with E-state index in [4.69, 9.17) is 4.74 Å². The molecule has 0 aromatic heterocycles. The smallest absolute Gasteiger partial charge is 0.227 e. The quantitative estimate of drug-likeness (QED) is 0.841. The molecule has 0 fully saturated rings. The van der Waals surface area contributed by atoms with Crippen LogP contribution in [0.15, 0.2) is 42.5 Å². The van der Waals surface area contributed by atoms with Gasteiger partial charge in [-0.25, -0.2) is 4.39 Å². The number of aryl methyl sites for hydroxylation is 1. The van der Waals surface area contributed by atoms with Gasteiger partial charge in [0.25, 0.3) is 0 Å². The van der Waals surface area contributed by atoms with Gasteiger partial charge in [0.15, 0.2) is 0 Å². The summed E-state index contributed by atoms with van der Waals surface area (Å²) in [5.41, 5.74) is 2.48. The molecule has 0 spiro atoms. The van der Waals surface area contributed by atoms with Crippen molar-refractivity contribution in [2.75, 3.05) is 18.1 Å². The van der Waals surface area contributed by atoms with Crippen LogP contribution in [0.3, 0.4) is 0 Å². The Bertz CT molecular complexity index is 697. The highest BCUT2D eigenvalue weighted by Crippen LogP contribution is 2.30. The van der Waals surface area contributed by atoms with E-state index < -0.39 is 0 Å². The molecule has 0 unspecified atom stereocenters. The zero-order valence-corrected chi connectivity index (χ0v) is 13.2. The molecular weight excluding hydrogens is 293 g/mol. The molecule has 120 valence electrons. The topological polar surface area (TPSA) is 29.5 Å². The van der Waals surface area contributed by atoms with Gasteiger partial charge in [-0.15, -0.1) is 0 Å².